The number of nitrogens with zero attached hydrogens (tertiary/aromatic N) is 1. The first-order valence-corrected chi connectivity index (χ1v) is 8.13. The lowest BCUT2D eigenvalue weighted by atomic mass is 10.2. The Balaban J connectivity index is 1.55. The Morgan fingerprint density at radius 1 is 1.45 bits per heavy atom. The van der Waals surface area contributed by atoms with Gasteiger partial charge in [0.25, 0.3) is 0 Å². The summed E-state index contributed by atoms with van der Waals surface area (Å²) in [6.45, 7) is 2.25. The molecule has 110 valence electrons. The van der Waals surface area contributed by atoms with E-state index in [1.807, 2.05) is 17.0 Å². The second-order valence-corrected chi connectivity index (χ2v) is 6.69. The minimum Gasteiger partial charge on any atom is -0.356 e. The molecule has 2 rings (SSSR count). The molecule has 4 nitrogen and oxygen atoms in total. The fraction of sp³-hybridized carbons (Fsp3) is 0.571. The minimum atomic E-state index is 0.0577. The van der Waals surface area contributed by atoms with Gasteiger partial charge in [0, 0.05) is 37.4 Å². The Morgan fingerprint density at radius 3 is 2.95 bits per heavy atom. The molecular weight excluding hydrogens is 296 g/mol. The van der Waals surface area contributed by atoms with Crippen LogP contribution in [0.1, 0.15) is 30.6 Å². The number of aryl methyl sites for hydroxylation is 1. The molecule has 2 heterocycles. The van der Waals surface area contributed by atoms with E-state index in [9.17, 15) is 9.59 Å². The van der Waals surface area contributed by atoms with E-state index < -0.39 is 0 Å². The average Bonchev–Trinajstić information content (AvgIpc) is 3.01. The van der Waals surface area contributed by atoms with Crippen molar-refractivity contribution in [2.75, 3.05) is 19.6 Å². The van der Waals surface area contributed by atoms with Crippen LogP contribution in [0, 0.1) is 0 Å². The summed E-state index contributed by atoms with van der Waals surface area (Å²) >= 11 is 7.35. The molecule has 1 N–H and O–H groups in total. The molecule has 1 aromatic rings. The standard InChI is InChI=1S/C14H19ClN2O2S/c15-12-6-4-11(20-12)5-7-13(18)16-8-2-10-17-9-1-3-14(17)19/h4,6H,1-3,5,7-10H2,(H,16,18). The van der Waals surface area contributed by atoms with E-state index in [1.54, 1.807) is 0 Å². The molecule has 2 amide bonds. The van der Waals surface area contributed by atoms with E-state index in [-0.39, 0.29) is 11.8 Å². The summed E-state index contributed by atoms with van der Waals surface area (Å²) in [5.41, 5.74) is 0. The number of hydrogen-bond acceptors (Lipinski definition) is 3. The zero-order valence-electron chi connectivity index (χ0n) is 11.4. The van der Waals surface area contributed by atoms with Crippen LogP contribution >= 0.6 is 22.9 Å². The molecule has 0 radical (unpaired) electrons. The van der Waals surface area contributed by atoms with Crippen LogP contribution in [0.3, 0.4) is 0 Å². The molecule has 0 atom stereocenters. The normalized spacial score (nSPS) is 14.8. The van der Waals surface area contributed by atoms with Crippen molar-refractivity contribution in [2.24, 2.45) is 0 Å². The van der Waals surface area contributed by atoms with Crippen LogP contribution in [-0.4, -0.2) is 36.3 Å². The van der Waals surface area contributed by atoms with Crippen molar-refractivity contribution in [3.63, 3.8) is 0 Å². The molecule has 0 aliphatic carbocycles. The van der Waals surface area contributed by atoms with E-state index in [0.29, 0.717) is 19.4 Å². The van der Waals surface area contributed by atoms with Gasteiger partial charge in [-0.3, -0.25) is 9.59 Å². The van der Waals surface area contributed by atoms with Gasteiger partial charge in [-0.25, -0.2) is 0 Å². The van der Waals surface area contributed by atoms with Crippen LogP contribution in [-0.2, 0) is 16.0 Å². The molecular formula is C14H19ClN2O2S. The van der Waals surface area contributed by atoms with Crippen LogP contribution in [0.5, 0.6) is 0 Å². The zero-order chi connectivity index (χ0) is 14.4. The Kier molecular flexibility index (Phi) is 5.86. The summed E-state index contributed by atoms with van der Waals surface area (Å²) in [6, 6.07) is 3.81. The number of amides is 2. The highest BCUT2D eigenvalue weighted by Crippen LogP contribution is 2.22. The van der Waals surface area contributed by atoms with Crippen LogP contribution in [0.25, 0.3) is 0 Å². The van der Waals surface area contributed by atoms with E-state index in [1.165, 1.54) is 11.3 Å². The minimum absolute atomic E-state index is 0.0577. The van der Waals surface area contributed by atoms with Gasteiger partial charge in [-0.2, -0.15) is 0 Å². The second-order valence-electron chi connectivity index (χ2n) is 4.89. The Morgan fingerprint density at radius 2 is 2.30 bits per heavy atom. The molecule has 6 heteroatoms. The highest BCUT2D eigenvalue weighted by Gasteiger charge is 2.18. The maximum atomic E-state index is 11.7. The zero-order valence-corrected chi connectivity index (χ0v) is 12.9. The van der Waals surface area contributed by atoms with Crippen molar-refractivity contribution in [3.8, 4) is 0 Å². The lowest BCUT2D eigenvalue weighted by Gasteiger charge is -2.15. The first-order valence-electron chi connectivity index (χ1n) is 6.94. The van der Waals surface area contributed by atoms with Gasteiger partial charge in [0.05, 0.1) is 4.34 Å². The molecule has 0 spiro atoms. The predicted octanol–water partition coefficient (Wildman–Crippen LogP) is 2.46. The third-order valence-corrected chi connectivity index (χ3v) is 4.62. The van der Waals surface area contributed by atoms with Crippen molar-refractivity contribution in [1.29, 1.82) is 0 Å². The molecule has 1 aromatic heterocycles. The third-order valence-electron chi connectivity index (χ3n) is 3.33. The average molecular weight is 315 g/mol. The van der Waals surface area contributed by atoms with Crippen molar-refractivity contribution >= 4 is 34.8 Å². The van der Waals surface area contributed by atoms with Gasteiger partial charge in [0.1, 0.15) is 0 Å². The van der Waals surface area contributed by atoms with Crippen LogP contribution < -0.4 is 5.32 Å². The number of halogens is 1. The maximum absolute atomic E-state index is 11.7. The monoisotopic (exact) mass is 314 g/mol. The summed E-state index contributed by atoms with van der Waals surface area (Å²) in [4.78, 5) is 26.1. The SMILES string of the molecule is O=C(CCc1ccc(Cl)s1)NCCCN1CCCC1=O. The summed E-state index contributed by atoms with van der Waals surface area (Å²) < 4.78 is 0.760. The number of hydrogen-bond donors (Lipinski definition) is 1. The Hall–Kier alpha value is -1.07. The highest BCUT2D eigenvalue weighted by atomic mass is 35.5. The maximum Gasteiger partial charge on any atom is 0.222 e. The second kappa shape index (κ2) is 7.64. The summed E-state index contributed by atoms with van der Waals surface area (Å²) in [7, 11) is 0. The molecule has 0 unspecified atom stereocenters. The van der Waals surface area contributed by atoms with Gasteiger partial charge in [-0.1, -0.05) is 11.6 Å². The molecule has 0 aromatic carbocycles. The molecule has 0 saturated carbocycles. The number of thiophene rings is 1. The lowest BCUT2D eigenvalue weighted by Crippen LogP contribution is -2.30. The highest BCUT2D eigenvalue weighted by molar-refractivity contribution is 7.16. The molecule has 1 fully saturated rings. The fourth-order valence-electron chi connectivity index (χ4n) is 2.25. The van der Waals surface area contributed by atoms with E-state index in [4.69, 9.17) is 11.6 Å². The quantitative estimate of drug-likeness (QED) is 0.786. The number of likely N-dealkylation sites (tertiary alicyclic amines) is 1. The number of rotatable bonds is 7. The largest absolute Gasteiger partial charge is 0.356 e. The van der Waals surface area contributed by atoms with E-state index in [0.717, 1.165) is 41.6 Å². The fourth-order valence-corrected chi connectivity index (χ4v) is 3.34. The van der Waals surface area contributed by atoms with Gasteiger partial charge in [-0.15, -0.1) is 11.3 Å². The lowest BCUT2D eigenvalue weighted by molar-refractivity contribution is -0.127. The molecule has 0 bridgehead atoms. The van der Waals surface area contributed by atoms with Crippen molar-refractivity contribution in [2.45, 2.75) is 32.1 Å². The topological polar surface area (TPSA) is 49.4 Å². The van der Waals surface area contributed by atoms with E-state index >= 15 is 0 Å². The number of nitrogens with one attached hydrogen (secondary N) is 1. The Bertz CT molecular complexity index is 475. The summed E-state index contributed by atoms with van der Waals surface area (Å²) in [5.74, 6) is 0.299. The van der Waals surface area contributed by atoms with Crippen molar-refractivity contribution in [1.82, 2.24) is 10.2 Å². The van der Waals surface area contributed by atoms with Gasteiger partial charge in [0.15, 0.2) is 0 Å². The molecule has 20 heavy (non-hydrogen) atoms. The summed E-state index contributed by atoms with van der Waals surface area (Å²) in [6.07, 6.45) is 3.68. The first-order chi connectivity index (χ1) is 9.65. The molecule has 1 saturated heterocycles. The molecule has 1 aliphatic heterocycles. The van der Waals surface area contributed by atoms with Gasteiger partial charge in [0.2, 0.25) is 11.8 Å². The molecule has 1 aliphatic rings. The van der Waals surface area contributed by atoms with Gasteiger partial charge < -0.3 is 10.2 Å². The van der Waals surface area contributed by atoms with Crippen molar-refractivity contribution < 1.29 is 9.59 Å². The first kappa shape index (κ1) is 15.3. The number of carbonyl (C=O) groups is 2. The smallest absolute Gasteiger partial charge is 0.222 e. The predicted molar refractivity (Wildman–Crippen MR) is 81.1 cm³/mol. The van der Waals surface area contributed by atoms with Gasteiger partial charge >= 0.3 is 0 Å². The van der Waals surface area contributed by atoms with Crippen LogP contribution in [0.4, 0.5) is 0 Å². The summed E-state index contributed by atoms with van der Waals surface area (Å²) in [5, 5.41) is 2.89. The van der Waals surface area contributed by atoms with E-state index in [2.05, 4.69) is 5.32 Å². The van der Waals surface area contributed by atoms with Crippen LogP contribution in [0.2, 0.25) is 4.34 Å². The van der Waals surface area contributed by atoms with Gasteiger partial charge in [-0.05, 0) is 31.4 Å². The van der Waals surface area contributed by atoms with Crippen molar-refractivity contribution in [3.05, 3.63) is 21.3 Å². The number of carbonyl (C=O) groups excluding carboxylic acids is 2. The third kappa shape index (κ3) is 4.80. The van der Waals surface area contributed by atoms with Crippen LogP contribution in [0.15, 0.2) is 12.1 Å². The Labute approximate surface area is 128 Å².